The molecule has 1 saturated carbocycles. The van der Waals surface area contributed by atoms with Crippen molar-refractivity contribution in [1.29, 1.82) is 0 Å². The van der Waals surface area contributed by atoms with Crippen LogP contribution in [0.25, 0.3) is 10.9 Å². The zero-order valence-corrected chi connectivity index (χ0v) is 17.1. The van der Waals surface area contributed by atoms with E-state index in [-0.39, 0.29) is 23.7 Å². The van der Waals surface area contributed by atoms with Gasteiger partial charge < -0.3 is 15.2 Å². The molecule has 1 saturated heterocycles. The first-order valence-electron chi connectivity index (χ1n) is 10.5. The van der Waals surface area contributed by atoms with Gasteiger partial charge in [-0.1, -0.05) is 6.07 Å². The summed E-state index contributed by atoms with van der Waals surface area (Å²) in [5, 5.41) is 3.58. The van der Waals surface area contributed by atoms with Gasteiger partial charge in [-0.05, 0) is 50.3 Å². The summed E-state index contributed by atoms with van der Waals surface area (Å²) in [6.45, 7) is 7.01. The second-order valence-electron chi connectivity index (χ2n) is 8.36. The summed E-state index contributed by atoms with van der Waals surface area (Å²) in [5.74, 6) is -0.326. The average molecular weight is 400 g/mol. The predicted octanol–water partition coefficient (Wildman–Crippen LogP) is 2.82. The summed E-state index contributed by atoms with van der Waals surface area (Å²) < 4.78 is 14.0. The molecule has 1 aliphatic carbocycles. The number of halogens is 1. The molecule has 2 aromatic rings. The zero-order chi connectivity index (χ0) is 20.5. The number of rotatable bonds is 3. The fourth-order valence-corrected chi connectivity index (χ4v) is 4.70. The van der Waals surface area contributed by atoms with Crippen LogP contribution in [0.5, 0.6) is 0 Å². The molecule has 2 amide bonds. The second-order valence-corrected chi connectivity index (χ2v) is 8.36. The molecule has 2 heterocycles. The number of aryl methyl sites for hydroxylation is 1. The lowest BCUT2D eigenvalue weighted by molar-refractivity contribution is -0.131. The largest absolute Gasteiger partial charge is 0.350 e. The third-order valence-corrected chi connectivity index (χ3v) is 6.50. The van der Waals surface area contributed by atoms with Gasteiger partial charge in [0.1, 0.15) is 11.5 Å². The van der Waals surface area contributed by atoms with Crippen LogP contribution in [0.4, 0.5) is 4.39 Å². The summed E-state index contributed by atoms with van der Waals surface area (Å²) in [6.07, 6.45) is 3.98. The summed E-state index contributed by atoms with van der Waals surface area (Å²) >= 11 is 0. The number of aromatic amines is 1. The molecule has 6 nitrogen and oxygen atoms in total. The van der Waals surface area contributed by atoms with Crippen LogP contribution in [0.15, 0.2) is 18.2 Å². The van der Waals surface area contributed by atoms with Gasteiger partial charge >= 0.3 is 0 Å². The lowest BCUT2D eigenvalue weighted by atomic mass is 9.89. The van der Waals surface area contributed by atoms with Gasteiger partial charge in [-0.3, -0.25) is 14.5 Å². The van der Waals surface area contributed by atoms with E-state index < -0.39 is 0 Å². The van der Waals surface area contributed by atoms with Crippen molar-refractivity contribution >= 4 is 22.7 Å². The minimum absolute atomic E-state index is 0.148. The Labute approximate surface area is 170 Å². The third kappa shape index (κ3) is 4.15. The van der Waals surface area contributed by atoms with E-state index in [1.54, 1.807) is 19.1 Å². The lowest BCUT2D eigenvalue weighted by Crippen LogP contribution is -2.53. The normalized spacial score (nSPS) is 23.3. The number of amides is 2. The quantitative estimate of drug-likeness (QED) is 0.833. The number of nitrogens with one attached hydrogen (secondary N) is 2. The summed E-state index contributed by atoms with van der Waals surface area (Å²) in [7, 11) is 0. The molecule has 2 N–H and O–H groups in total. The van der Waals surface area contributed by atoms with E-state index in [0.717, 1.165) is 57.4 Å². The van der Waals surface area contributed by atoms with Crippen molar-refractivity contribution < 1.29 is 14.0 Å². The van der Waals surface area contributed by atoms with E-state index in [4.69, 9.17) is 0 Å². The number of carbonyl (C=O) groups is 2. The van der Waals surface area contributed by atoms with Crippen LogP contribution in [0.3, 0.4) is 0 Å². The number of nitrogens with zero attached hydrogens (tertiary/aromatic N) is 2. The van der Waals surface area contributed by atoms with Gasteiger partial charge in [0.15, 0.2) is 0 Å². The molecule has 7 heteroatoms. The van der Waals surface area contributed by atoms with Crippen molar-refractivity contribution in [2.24, 2.45) is 0 Å². The van der Waals surface area contributed by atoms with Crippen LogP contribution in [0.2, 0.25) is 0 Å². The molecule has 2 aliphatic rings. The van der Waals surface area contributed by atoms with Gasteiger partial charge in [-0.2, -0.15) is 0 Å². The SMILES string of the molecule is CC(=O)N1CCN(C2CCC(NC(=O)c3cc4c(F)ccc(C)c4[nH]3)CC2)CC1. The lowest BCUT2D eigenvalue weighted by Gasteiger charge is -2.41. The molecule has 0 atom stereocenters. The number of fused-ring (bicyclic) bond motifs is 1. The van der Waals surface area contributed by atoms with Gasteiger partial charge in [0, 0.05) is 50.6 Å². The number of piperazine rings is 1. The minimum atomic E-state index is -0.314. The Morgan fingerprint density at radius 3 is 2.41 bits per heavy atom. The van der Waals surface area contributed by atoms with Gasteiger partial charge in [0.2, 0.25) is 5.91 Å². The standard InChI is InChI=1S/C22H29FN4O2/c1-14-3-8-19(23)18-13-20(25-21(14)18)22(29)24-16-4-6-17(7-5-16)27-11-9-26(10-12-27)15(2)28/h3,8,13,16-17,25H,4-7,9-12H2,1-2H3,(H,24,29). The van der Waals surface area contributed by atoms with Crippen LogP contribution in [-0.2, 0) is 4.79 Å². The fourth-order valence-electron chi connectivity index (χ4n) is 4.70. The average Bonchev–Trinajstić information content (AvgIpc) is 3.19. The molecular formula is C22H29FN4O2. The number of H-pyrrole nitrogens is 1. The van der Waals surface area contributed by atoms with E-state index in [1.165, 1.54) is 6.07 Å². The molecule has 0 spiro atoms. The number of carbonyl (C=O) groups excluding carboxylic acids is 2. The number of hydrogen-bond donors (Lipinski definition) is 2. The van der Waals surface area contributed by atoms with Crippen molar-refractivity contribution in [3.8, 4) is 0 Å². The van der Waals surface area contributed by atoms with E-state index in [2.05, 4.69) is 15.2 Å². The highest BCUT2D eigenvalue weighted by Crippen LogP contribution is 2.26. The van der Waals surface area contributed by atoms with E-state index >= 15 is 0 Å². The molecule has 0 radical (unpaired) electrons. The Morgan fingerprint density at radius 2 is 1.79 bits per heavy atom. The van der Waals surface area contributed by atoms with Crippen molar-refractivity contribution in [3.05, 3.63) is 35.3 Å². The fraction of sp³-hybridized carbons (Fsp3) is 0.545. The highest BCUT2D eigenvalue weighted by Gasteiger charge is 2.29. The van der Waals surface area contributed by atoms with Crippen LogP contribution in [0.1, 0.15) is 48.7 Å². The highest BCUT2D eigenvalue weighted by atomic mass is 19.1. The first kappa shape index (κ1) is 19.9. The molecule has 29 heavy (non-hydrogen) atoms. The summed E-state index contributed by atoms with van der Waals surface area (Å²) in [4.78, 5) is 31.6. The van der Waals surface area contributed by atoms with Gasteiger partial charge in [-0.15, -0.1) is 0 Å². The number of benzene rings is 1. The molecule has 156 valence electrons. The van der Waals surface area contributed by atoms with Crippen molar-refractivity contribution in [2.75, 3.05) is 26.2 Å². The summed E-state index contributed by atoms with van der Waals surface area (Å²) in [5.41, 5.74) is 2.02. The Morgan fingerprint density at radius 1 is 1.10 bits per heavy atom. The predicted molar refractivity (Wildman–Crippen MR) is 110 cm³/mol. The zero-order valence-electron chi connectivity index (χ0n) is 17.1. The smallest absolute Gasteiger partial charge is 0.267 e. The third-order valence-electron chi connectivity index (χ3n) is 6.50. The van der Waals surface area contributed by atoms with Crippen LogP contribution in [-0.4, -0.2) is 64.9 Å². The summed E-state index contributed by atoms with van der Waals surface area (Å²) in [6, 6.07) is 5.43. The maximum Gasteiger partial charge on any atom is 0.267 e. The molecule has 1 aromatic heterocycles. The minimum Gasteiger partial charge on any atom is -0.350 e. The molecule has 0 unspecified atom stereocenters. The van der Waals surface area contributed by atoms with Gasteiger partial charge in [0.05, 0.1) is 5.52 Å². The van der Waals surface area contributed by atoms with E-state index in [0.29, 0.717) is 22.6 Å². The molecule has 4 rings (SSSR count). The van der Waals surface area contributed by atoms with E-state index in [1.807, 2.05) is 11.8 Å². The Hall–Kier alpha value is -2.41. The number of aromatic nitrogens is 1. The van der Waals surface area contributed by atoms with Crippen LogP contribution < -0.4 is 5.32 Å². The first-order valence-corrected chi connectivity index (χ1v) is 10.5. The topological polar surface area (TPSA) is 68.4 Å². The molecule has 2 fully saturated rings. The molecule has 1 aromatic carbocycles. The van der Waals surface area contributed by atoms with Gasteiger partial charge in [0.25, 0.3) is 5.91 Å². The Kier molecular flexibility index (Phi) is 5.58. The maximum atomic E-state index is 14.0. The van der Waals surface area contributed by atoms with Gasteiger partial charge in [-0.25, -0.2) is 4.39 Å². The van der Waals surface area contributed by atoms with Crippen LogP contribution >= 0.6 is 0 Å². The van der Waals surface area contributed by atoms with Crippen molar-refractivity contribution in [3.63, 3.8) is 0 Å². The number of hydrogen-bond acceptors (Lipinski definition) is 3. The first-order chi connectivity index (χ1) is 13.9. The Bertz CT molecular complexity index is 870. The van der Waals surface area contributed by atoms with Crippen molar-refractivity contribution in [2.45, 2.75) is 51.6 Å². The second kappa shape index (κ2) is 8.14. The monoisotopic (exact) mass is 400 g/mol. The van der Waals surface area contributed by atoms with Crippen molar-refractivity contribution in [1.82, 2.24) is 20.1 Å². The Balaban J connectivity index is 1.31. The van der Waals surface area contributed by atoms with Crippen LogP contribution in [0, 0.1) is 12.7 Å². The van der Waals surface area contributed by atoms with E-state index in [9.17, 15) is 14.0 Å². The highest BCUT2D eigenvalue weighted by molar-refractivity contribution is 5.99. The molecular weight excluding hydrogens is 371 g/mol. The molecule has 1 aliphatic heterocycles. The maximum absolute atomic E-state index is 14.0. The molecule has 0 bridgehead atoms.